The number of halogens is 1. The minimum absolute atomic E-state index is 0.226. The summed E-state index contributed by atoms with van der Waals surface area (Å²) in [6, 6.07) is 17.0. The maximum atomic E-state index is 13.3. The fourth-order valence-corrected chi connectivity index (χ4v) is 4.13. The Morgan fingerprint density at radius 2 is 1.70 bits per heavy atom. The van der Waals surface area contributed by atoms with Gasteiger partial charge in [-0.1, -0.05) is 30.3 Å². The molecule has 1 aromatic heterocycles. The number of rotatable bonds is 5. The van der Waals surface area contributed by atoms with Crippen LogP contribution < -0.4 is 4.80 Å². The van der Waals surface area contributed by atoms with Crippen LogP contribution in [0.2, 0.25) is 0 Å². The molecule has 2 aromatic carbocycles. The summed E-state index contributed by atoms with van der Waals surface area (Å²) in [6.07, 6.45) is 5.41. The molecule has 0 atom stereocenters. The first-order valence-corrected chi connectivity index (χ1v) is 10.3. The minimum Gasteiger partial charge on any atom is -0.257 e. The summed E-state index contributed by atoms with van der Waals surface area (Å²) < 4.78 is 15.3. The molecule has 0 aliphatic heterocycles. The summed E-state index contributed by atoms with van der Waals surface area (Å²) >= 11 is 1.59. The third-order valence-corrected chi connectivity index (χ3v) is 5.59. The summed E-state index contributed by atoms with van der Waals surface area (Å²) in [5, 5.41) is 6.96. The molecule has 1 fully saturated rings. The maximum Gasteiger partial charge on any atom is 0.206 e. The summed E-state index contributed by atoms with van der Waals surface area (Å²) in [7, 11) is 0. The molecule has 0 radical (unpaired) electrons. The average molecular weight is 380 g/mol. The maximum absolute atomic E-state index is 13.3. The van der Waals surface area contributed by atoms with Gasteiger partial charge in [-0.2, -0.15) is 5.10 Å². The smallest absolute Gasteiger partial charge is 0.206 e. The van der Waals surface area contributed by atoms with Gasteiger partial charge in [0.1, 0.15) is 5.82 Å². The van der Waals surface area contributed by atoms with Gasteiger partial charge in [-0.3, -0.25) is 4.99 Å². The molecule has 0 unspecified atom stereocenters. The van der Waals surface area contributed by atoms with Crippen LogP contribution in [0, 0.1) is 5.82 Å². The van der Waals surface area contributed by atoms with Gasteiger partial charge in [0.2, 0.25) is 4.80 Å². The summed E-state index contributed by atoms with van der Waals surface area (Å²) in [4.78, 5) is 5.70. The minimum atomic E-state index is -0.226. The zero-order chi connectivity index (χ0) is 18.5. The normalized spacial score (nSPS) is 14.7. The highest BCUT2D eigenvalue weighted by Gasteiger charge is 2.12. The largest absolute Gasteiger partial charge is 0.257 e. The van der Waals surface area contributed by atoms with Crippen LogP contribution in [0.1, 0.15) is 31.2 Å². The number of nitrogens with zero attached hydrogens (tertiary/aromatic N) is 3. The van der Waals surface area contributed by atoms with E-state index < -0.39 is 0 Å². The second kappa shape index (κ2) is 8.44. The molecule has 0 amide bonds. The molecule has 0 N–H and O–H groups in total. The van der Waals surface area contributed by atoms with E-state index in [1.54, 1.807) is 23.5 Å². The van der Waals surface area contributed by atoms with E-state index in [2.05, 4.69) is 29.6 Å². The number of hydrogen-bond donors (Lipinski definition) is 0. The third-order valence-electron chi connectivity index (χ3n) is 4.74. The van der Waals surface area contributed by atoms with Gasteiger partial charge >= 0.3 is 0 Å². The summed E-state index contributed by atoms with van der Waals surface area (Å²) in [5.41, 5.74) is 4.43. The van der Waals surface area contributed by atoms with E-state index in [0.29, 0.717) is 0 Å². The molecule has 1 aliphatic carbocycles. The average Bonchev–Trinajstić information content (AvgIpc) is 3.34. The molecule has 138 valence electrons. The van der Waals surface area contributed by atoms with Crippen LogP contribution in [0.4, 0.5) is 4.39 Å². The standard InChI is InChI=1S/C22H22FN3S/c23-19-12-10-18(11-13-19)21-16-27-22(26(21)25-20-8-4-5-9-20)24-15-14-17-6-2-1-3-7-17/h1-3,6-7,10-13,16H,4-5,8-9,14-15H2. The molecule has 1 aliphatic rings. The lowest BCUT2D eigenvalue weighted by atomic mass is 10.2. The van der Waals surface area contributed by atoms with Gasteiger partial charge < -0.3 is 0 Å². The van der Waals surface area contributed by atoms with Crippen LogP contribution in [-0.2, 0) is 6.42 Å². The van der Waals surface area contributed by atoms with Crippen molar-refractivity contribution in [1.82, 2.24) is 4.68 Å². The van der Waals surface area contributed by atoms with Crippen LogP contribution in [-0.4, -0.2) is 16.9 Å². The molecule has 27 heavy (non-hydrogen) atoms. The molecule has 5 heteroatoms. The van der Waals surface area contributed by atoms with Crippen molar-refractivity contribution in [3.05, 3.63) is 76.2 Å². The first kappa shape index (κ1) is 17.9. The molecule has 3 aromatic rings. The SMILES string of the molecule is Fc1ccc(-c2csc(=NCCc3ccccc3)n2N=C2CCCC2)cc1. The van der Waals surface area contributed by atoms with Crippen LogP contribution >= 0.6 is 11.3 Å². The van der Waals surface area contributed by atoms with E-state index in [9.17, 15) is 4.39 Å². The third kappa shape index (κ3) is 4.42. The quantitative estimate of drug-likeness (QED) is 0.577. The molecule has 0 bridgehead atoms. The van der Waals surface area contributed by atoms with Gasteiger partial charge in [-0.05, 0) is 61.9 Å². The lowest BCUT2D eigenvalue weighted by Gasteiger charge is -2.05. The van der Waals surface area contributed by atoms with Gasteiger partial charge in [-0.25, -0.2) is 9.07 Å². The van der Waals surface area contributed by atoms with E-state index in [1.165, 1.54) is 36.2 Å². The number of benzene rings is 2. The van der Waals surface area contributed by atoms with Gasteiger partial charge in [0.05, 0.1) is 5.69 Å². The Hall–Kier alpha value is -2.53. The molecule has 0 spiro atoms. The highest BCUT2D eigenvalue weighted by atomic mass is 32.1. The highest BCUT2D eigenvalue weighted by Crippen LogP contribution is 2.22. The van der Waals surface area contributed by atoms with E-state index in [1.807, 2.05) is 10.7 Å². The fraction of sp³-hybridized carbons (Fsp3) is 0.273. The first-order chi connectivity index (χ1) is 13.3. The highest BCUT2D eigenvalue weighted by molar-refractivity contribution is 7.07. The molecule has 3 nitrogen and oxygen atoms in total. The Morgan fingerprint density at radius 1 is 0.963 bits per heavy atom. The topological polar surface area (TPSA) is 29.6 Å². The number of hydrogen-bond acceptors (Lipinski definition) is 3. The second-order valence-corrected chi connectivity index (χ2v) is 7.55. The van der Waals surface area contributed by atoms with E-state index in [4.69, 9.17) is 10.1 Å². The summed E-state index contributed by atoms with van der Waals surface area (Å²) in [5.74, 6) is -0.226. The Labute approximate surface area is 162 Å². The van der Waals surface area contributed by atoms with Gasteiger partial charge in [-0.15, -0.1) is 11.3 Å². The Kier molecular flexibility index (Phi) is 5.58. The van der Waals surface area contributed by atoms with Crippen LogP contribution in [0.25, 0.3) is 11.3 Å². The van der Waals surface area contributed by atoms with Crippen LogP contribution in [0.5, 0.6) is 0 Å². The zero-order valence-corrected chi connectivity index (χ0v) is 16.0. The Bertz CT molecular complexity index is 976. The number of thiazole rings is 1. The number of aromatic nitrogens is 1. The van der Waals surface area contributed by atoms with Gasteiger partial charge in [0, 0.05) is 23.2 Å². The molecule has 4 rings (SSSR count). The molecule has 1 saturated carbocycles. The Balaban J connectivity index is 1.67. The van der Waals surface area contributed by atoms with Crippen molar-refractivity contribution < 1.29 is 4.39 Å². The zero-order valence-electron chi connectivity index (χ0n) is 15.1. The predicted molar refractivity (Wildman–Crippen MR) is 110 cm³/mol. The van der Waals surface area contributed by atoms with Crippen molar-refractivity contribution in [2.24, 2.45) is 10.1 Å². The van der Waals surface area contributed by atoms with Gasteiger partial charge in [0.25, 0.3) is 0 Å². The van der Waals surface area contributed by atoms with Crippen molar-refractivity contribution in [2.75, 3.05) is 6.54 Å². The van der Waals surface area contributed by atoms with Gasteiger partial charge in [0.15, 0.2) is 0 Å². The van der Waals surface area contributed by atoms with E-state index >= 15 is 0 Å². The first-order valence-electron chi connectivity index (χ1n) is 9.37. The van der Waals surface area contributed by atoms with Crippen LogP contribution in [0.3, 0.4) is 0 Å². The second-order valence-electron chi connectivity index (χ2n) is 6.71. The van der Waals surface area contributed by atoms with E-state index in [-0.39, 0.29) is 5.82 Å². The lowest BCUT2D eigenvalue weighted by molar-refractivity contribution is 0.628. The molecule has 1 heterocycles. The van der Waals surface area contributed by atoms with Crippen molar-refractivity contribution in [1.29, 1.82) is 0 Å². The molecular weight excluding hydrogens is 357 g/mol. The molecule has 0 saturated heterocycles. The summed E-state index contributed by atoms with van der Waals surface area (Å²) in [6.45, 7) is 0.720. The van der Waals surface area contributed by atoms with Crippen molar-refractivity contribution in [3.63, 3.8) is 0 Å². The van der Waals surface area contributed by atoms with Crippen molar-refractivity contribution in [2.45, 2.75) is 32.1 Å². The lowest BCUT2D eigenvalue weighted by Crippen LogP contribution is -2.14. The van der Waals surface area contributed by atoms with Crippen molar-refractivity contribution in [3.8, 4) is 11.3 Å². The fourth-order valence-electron chi connectivity index (χ4n) is 3.27. The monoisotopic (exact) mass is 379 g/mol. The predicted octanol–water partition coefficient (Wildman–Crippen LogP) is 5.28. The van der Waals surface area contributed by atoms with E-state index in [0.717, 1.165) is 41.9 Å². The van der Waals surface area contributed by atoms with Crippen molar-refractivity contribution >= 4 is 17.0 Å². The molecular formula is C22H22FN3S. The van der Waals surface area contributed by atoms with Crippen LogP contribution in [0.15, 0.2) is 70.1 Å². The Morgan fingerprint density at radius 3 is 2.44 bits per heavy atom.